The predicted octanol–water partition coefficient (Wildman–Crippen LogP) is 2.20. The topological polar surface area (TPSA) is 41.0 Å². The van der Waals surface area contributed by atoms with E-state index in [4.69, 9.17) is 0 Å². The molecule has 0 saturated carbocycles. The first-order valence-corrected chi connectivity index (χ1v) is 6.78. The van der Waals surface area contributed by atoms with Crippen LogP contribution in [0.3, 0.4) is 0 Å². The van der Waals surface area contributed by atoms with Crippen LogP contribution in [0.4, 0.5) is 5.82 Å². The van der Waals surface area contributed by atoms with Gasteiger partial charge < -0.3 is 10.2 Å². The molecule has 1 N–H and O–H groups in total. The summed E-state index contributed by atoms with van der Waals surface area (Å²) in [5.74, 6) is 0.973. The lowest BCUT2D eigenvalue weighted by Crippen LogP contribution is -2.18. The van der Waals surface area contributed by atoms with Gasteiger partial charge in [0.15, 0.2) is 0 Å². The van der Waals surface area contributed by atoms with Crippen molar-refractivity contribution in [3.05, 3.63) is 40.0 Å². The van der Waals surface area contributed by atoms with Crippen LogP contribution in [0.25, 0.3) is 0 Å². The lowest BCUT2D eigenvalue weighted by molar-refractivity contribution is 0.809. The van der Waals surface area contributed by atoms with Crippen molar-refractivity contribution in [2.45, 2.75) is 20.0 Å². The van der Waals surface area contributed by atoms with Crippen molar-refractivity contribution in [1.82, 2.24) is 15.3 Å². The van der Waals surface area contributed by atoms with Gasteiger partial charge in [-0.15, -0.1) is 11.3 Å². The van der Waals surface area contributed by atoms with Crippen LogP contribution in [0.5, 0.6) is 0 Å². The van der Waals surface area contributed by atoms with Crippen molar-refractivity contribution in [3.8, 4) is 0 Å². The van der Waals surface area contributed by atoms with E-state index in [1.54, 1.807) is 11.3 Å². The summed E-state index contributed by atoms with van der Waals surface area (Å²) in [7, 11) is 3.97. The van der Waals surface area contributed by atoms with Gasteiger partial charge in [-0.3, -0.25) is 0 Å². The fraction of sp³-hybridized carbons (Fsp3) is 0.385. The molecule has 0 fully saturated rings. The second-order valence-corrected chi connectivity index (χ2v) is 5.33. The number of nitrogens with zero attached hydrogens (tertiary/aromatic N) is 3. The molecule has 2 rings (SSSR count). The van der Waals surface area contributed by atoms with Crippen LogP contribution < -0.4 is 10.2 Å². The van der Waals surface area contributed by atoms with Gasteiger partial charge in [-0.1, -0.05) is 6.07 Å². The molecule has 5 heteroatoms. The Morgan fingerprint density at radius 2 is 2.22 bits per heavy atom. The Bertz CT molecular complexity index is 492. The molecule has 0 unspecified atom stereocenters. The van der Waals surface area contributed by atoms with E-state index in [9.17, 15) is 0 Å². The average Bonchev–Trinajstić information content (AvgIpc) is 2.76. The van der Waals surface area contributed by atoms with Gasteiger partial charge in [-0.05, 0) is 25.6 Å². The van der Waals surface area contributed by atoms with Crippen molar-refractivity contribution in [2.24, 2.45) is 0 Å². The number of aryl methyl sites for hydroxylation is 1. The van der Waals surface area contributed by atoms with Gasteiger partial charge in [0.05, 0.1) is 17.2 Å². The molecule has 2 heterocycles. The summed E-state index contributed by atoms with van der Waals surface area (Å²) < 4.78 is 0. The van der Waals surface area contributed by atoms with E-state index in [0.29, 0.717) is 0 Å². The summed E-state index contributed by atoms with van der Waals surface area (Å²) >= 11 is 1.68. The van der Waals surface area contributed by atoms with E-state index in [1.165, 1.54) is 5.56 Å². The fourth-order valence-electron chi connectivity index (χ4n) is 1.76. The highest BCUT2D eigenvalue weighted by molar-refractivity contribution is 7.09. The lowest BCUT2D eigenvalue weighted by Gasteiger charge is -2.17. The Hall–Kier alpha value is -1.46. The Kier molecular flexibility index (Phi) is 4.28. The van der Waals surface area contributed by atoms with Gasteiger partial charge in [0, 0.05) is 25.2 Å². The second-order valence-electron chi connectivity index (χ2n) is 4.27. The number of hydrogen-bond acceptors (Lipinski definition) is 5. The predicted molar refractivity (Wildman–Crippen MR) is 76.0 cm³/mol. The monoisotopic (exact) mass is 262 g/mol. The molecule has 0 aliphatic rings. The molecule has 0 atom stereocenters. The molecule has 2 aromatic rings. The number of pyridine rings is 1. The molecule has 0 amide bonds. The largest absolute Gasteiger partial charge is 0.354 e. The van der Waals surface area contributed by atoms with Gasteiger partial charge in [0.25, 0.3) is 0 Å². The Morgan fingerprint density at radius 1 is 1.39 bits per heavy atom. The molecule has 2 aromatic heterocycles. The zero-order valence-electron chi connectivity index (χ0n) is 11.0. The zero-order chi connectivity index (χ0) is 13.0. The number of hydrogen-bond donors (Lipinski definition) is 1. The van der Waals surface area contributed by atoms with Crippen LogP contribution in [0.2, 0.25) is 0 Å². The maximum atomic E-state index is 4.46. The molecule has 0 radical (unpaired) electrons. The number of anilines is 1. The molecule has 0 aliphatic carbocycles. The third kappa shape index (κ3) is 3.27. The van der Waals surface area contributed by atoms with Crippen LogP contribution in [-0.2, 0) is 13.1 Å². The summed E-state index contributed by atoms with van der Waals surface area (Å²) in [4.78, 5) is 11.0. The molecule has 0 saturated heterocycles. The number of aromatic nitrogens is 2. The SMILES string of the molecule is CNCc1ccc(N(C)Cc2csc(C)n2)nc1. The van der Waals surface area contributed by atoms with Crippen molar-refractivity contribution >= 4 is 17.2 Å². The average molecular weight is 262 g/mol. The van der Waals surface area contributed by atoms with Gasteiger partial charge in [0.1, 0.15) is 5.82 Å². The molecular weight excluding hydrogens is 244 g/mol. The van der Waals surface area contributed by atoms with E-state index in [2.05, 4.69) is 31.6 Å². The highest BCUT2D eigenvalue weighted by atomic mass is 32.1. The molecule has 0 aromatic carbocycles. The molecule has 96 valence electrons. The lowest BCUT2D eigenvalue weighted by atomic mass is 10.3. The van der Waals surface area contributed by atoms with E-state index in [0.717, 1.165) is 29.6 Å². The summed E-state index contributed by atoms with van der Waals surface area (Å²) in [6.07, 6.45) is 1.91. The first-order valence-electron chi connectivity index (χ1n) is 5.90. The number of thiazole rings is 1. The van der Waals surface area contributed by atoms with E-state index < -0.39 is 0 Å². The maximum Gasteiger partial charge on any atom is 0.128 e. The molecule has 0 spiro atoms. The Labute approximate surface area is 112 Å². The third-order valence-corrected chi connectivity index (χ3v) is 3.47. The van der Waals surface area contributed by atoms with Crippen LogP contribution >= 0.6 is 11.3 Å². The van der Waals surface area contributed by atoms with Gasteiger partial charge in [-0.25, -0.2) is 9.97 Å². The highest BCUT2D eigenvalue weighted by Gasteiger charge is 2.05. The summed E-state index contributed by atoms with van der Waals surface area (Å²) in [5.41, 5.74) is 2.29. The van der Waals surface area contributed by atoms with Crippen LogP contribution in [0, 0.1) is 6.92 Å². The van der Waals surface area contributed by atoms with Gasteiger partial charge >= 0.3 is 0 Å². The maximum absolute atomic E-state index is 4.46. The van der Waals surface area contributed by atoms with Gasteiger partial charge in [0.2, 0.25) is 0 Å². The number of nitrogens with one attached hydrogen (secondary N) is 1. The van der Waals surface area contributed by atoms with E-state index in [-0.39, 0.29) is 0 Å². The molecular formula is C13H18N4S. The van der Waals surface area contributed by atoms with E-state index >= 15 is 0 Å². The van der Waals surface area contributed by atoms with Crippen LogP contribution in [0.15, 0.2) is 23.7 Å². The minimum absolute atomic E-state index is 0.794. The van der Waals surface area contributed by atoms with Crippen LogP contribution in [0.1, 0.15) is 16.3 Å². The van der Waals surface area contributed by atoms with E-state index in [1.807, 2.05) is 33.3 Å². The fourth-order valence-corrected chi connectivity index (χ4v) is 2.36. The standard InChI is InChI=1S/C13H18N4S/c1-10-16-12(9-18-10)8-17(3)13-5-4-11(6-14-2)7-15-13/h4-5,7,9,14H,6,8H2,1-3H3. The van der Waals surface area contributed by atoms with Crippen molar-refractivity contribution in [2.75, 3.05) is 19.0 Å². The minimum Gasteiger partial charge on any atom is -0.354 e. The second kappa shape index (κ2) is 5.93. The Morgan fingerprint density at radius 3 is 2.78 bits per heavy atom. The quantitative estimate of drug-likeness (QED) is 0.897. The summed E-state index contributed by atoms with van der Waals surface area (Å²) in [6.45, 7) is 3.67. The normalized spacial score (nSPS) is 10.6. The summed E-state index contributed by atoms with van der Waals surface area (Å²) in [6, 6.07) is 4.15. The van der Waals surface area contributed by atoms with Crippen molar-refractivity contribution in [1.29, 1.82) is 0 Å². The first-order chi connectivity index (χ1) is 8.69. The smallest absolute Gasteiger partial charge is 0.128 e. The third-order valence-electron chi connectivity index (χ3n) is 2.65. The van der Waals surface area contributed by atoms with Crippen LogP contribution in [-0.4, -0.2) is 24.1 Å². The molecule has 18 heavy (non-hydrogen) atoms. The van der Waals surface area contributed by atoms with Crippen molar-refractivity contribution < 1.29 is 0 Å². The van der Waals surface area contributed by atoms with Crippen molar-refractivity contribution in [3.63, 3.8) is 0 Å². The molecule has 4 nitrogen and oxygen atoms in total. The molecule has 0 bridgehead atoms. The zero-order valence-corrected chi connectivity index (χ0v) is 11.8. The minimum atomic E-state index is 0.794. The number of rotatable bonds is 5. The summed E-state index contributed by atoms with van der Waals surface area (Å²) in [5, 5.41) is 6.32. The molecule has 0 aliphatic heterocycles. The van der Waals surface area contributed by atoms with Gasteiger partial charge in [-0.2, -0.15) is 0 Å². The Balaban J connectivity index is 2.02. The first kappa shape index (κ1) is 13.0. The highest BCUT2D eigenvalue weighted by Crippen LogP contribution is 2.15.